The molecular weight excluding hydrogens is 208 g/mol. The van der Waals surface area contributed by atoms with Crippen molar-refractivity contribution in [1.29, 1.82) is 0 Å². The molecule has 1 unspecified atom stereocenters. The molecule has 0 aromatic carbocycles. The highest BCUT2D eigenvalue weighted by Crippen LogP contribution is 2.48. The molecule has 0 aliphatic heterocycles. The van der Waals surface area contributed by atoms with Crippen molar-refractivity contribution in [2.45, 2.75) is 25.6 Å². The number of rotatable bonds is 3. The Bertz CT molecular complexity index is 484. The van der Waals surface area contributed by atoms with Gasteiger partial charge in [0.15, 0.2) is 0 Å². The maximum absolute atomic E-state index is 4.00. The molecule has 1 atom stereocenters. The molecule has 82 valence electrons. The molecule has 2 bridgehead atoms. The van der Waals surface area contributed by atoms with Crippen molar-refractivity contribution in [2.75, 3.05) is 0 Å². The van der Waals surface area contributed by atoms with Crippen LogP contribution in [0.5, 0.6) is 0 Å². The molecule has 3 rings (SSSR count). The first kappa shape index (κ1) is 10.1. The lowest BCUT2D eigenvalue weighted by Crippen LogP contribution is -2.25. The van der Waals surface area contributed by atoms with Crippen LogP contribution in [-0.2, 0) is 0 Å². The van der Waals surface area contributed by atoms with Crippen LogP contribution in [0.3, 0.4) is 0 Å². The van der Waals surface area contributed by atoms with Gasteiger partial charge in [0.05, 0.1) is 8.07 Å². The highest BCUT2D eigenvalue weighted by atomic mass is 28.3. The average Bonchev–Trinajstić information content (AvgIpc) is 2.90. The van der Waals surface area contributed by atoms with Gasteiger partial charge in [-0.3, -0.25) is 0 Å². The van der Waals surface area contributed by atoms with E-state index in [4.69, 9.17) is 0 Å². The number of hydrogen-bond acceptors (Lipinski definition) is 0. The Morgan fingerprint density at radius 3 is 2.81 bits per heavy atom. The zero-order valence-electron chi connectivity index (χ0n) is 10.1. The van der Waals surface area contributed by atoms with Crippen LogP contribution in [0.2, 0.25) is 19.1 Å². The molecule has 0 nitrogen and oxygen atoms in total. The first-order chi connectivity index (χ1) is 7.61. The first-order valence-electron chi connectivity index (χ1n) is 6.07. The van der Waals surface area contributed by atoms with Crippen molar-refractivity contribution in [1.82, 2.24) is 0 Å². The molecule has 0 spiro atoms. The van der Waals surface area contributed by atoms with Crippen LogP contribution in [-0.4, -0.2) is 8.07 Å². The smallest absolute Gasteiger partial charge is 0.0718 e. The van der Waals surface area contributed by atoms with Gasteiger partial charge in [-0.1, -0.05) is 37.4 Å². The van der Waals surface area contributed by atoms with Crippen LogP contribution in [0.4, 0.5) is 0 Å². The molecule has 0 radical (unpaired) electrons. The van der Waals surface area contributed by atoms with Gasteiger partial charge < -0.3 is 0 Å². The summed E-state index contributed by atoms with van der Waals surface area (Å²) in [5.74, 6) is 0.673. The maximum Gasteiger partial charge on any atom is 0.0718 e. The highest BCUT2D eigenvalue weighted by Gasteiger charge is 2.34. The Morgan fingerprint density at radius 1 is 1.31 bits per heavy atom. The molecule has 1 heteroatoms. The van der Waals surface area contributed by atoms with E-state index < -0.39 is 8.07 Å². The Morgan fingerprint density at radius 2 is 2.06 bits per heavy atom. The standard InChI is InChI=1S/C15H18Si/c1-4-16(2,3)10-13-7-8-14-11-5-6-12(9-11)15(13)14/h4-8,13H,1,9-10H2,2-3H3. The Kier molecular flexibility index (Phi) is 2.02. The van der Waals surface area contributed by atoms with Crippen molar-refractivity contribution >= 4 is 8.07 Å². The van der Waals surface area contributed by atoms with E-state index >= 15 is 0 Å². The van der Waals surface area contributed by atoms with Gasteiger partial charge in [-0.15, -0.1) is 12.3 Å². The van der Waals surface area contributed by atoms with Gasteiger partial charge in [-0.2, -0.15) is 0 Å². The Balaban J connectivity index is 1.92. The molecule has 0 fully saturated rings. The van der Waals surface area contributed by atoms with E-state index in [1.165, 1.54) is 18.0 Å². The van der Waals surface area contributed by atoms with Crippen LogP contribution in [0.1, 0.15) is 6.42 Å². The van der Waals surface area contributed by atoms with Gasteiger partial charge in [0, 0.05) is 5.92 Å². The van der Waals surface area contributed by atoms with Crippen LogP contribution in [0.15, 0.2) is 58.9 Å². The van der Waals surface area contributed by atoms with Gasteiger partial charge in [0.25, 0.3) is 0 Å². The van der Waals surface area contributed by atoms with Crippen molar-refractivity contribution in [2.24, 2.45) is 5.92 Å². The predicted octanol–water partition coefficient (Wildman–Crippen LogP) is 4.17. The number of fused-ring (bicyclic) bond motifs is 3. The Hall–Kier alpha value is -1.08. The van der Waals surface area contributed by atoms with Crippen LogP contribution in [0.25, 0.3) is 0 Å². The van der Waals surface area contributed by atoms with E-state index in [0.717, 1.165) is 0 Å². The average molecular weight is 226 g/mol. The SMILES string of the molecule is C=C[Si](C)(C)CC1C=CC2=C3C=CC(=C21)C3. The third-order valence-corrected chi connectivity index (χ3v) is 6.61. The van der Waals surface area contributed by atoms with E-state index in [1.54, 1.807) is 16.7 Å². The first-order valence-corrected chi connectivity index (χ1v) is 9.35. The van der Waals surface area contributed by atoms with Crippen LogP contribution >= 0.6 is 0 Å². The second-order valence-corrected chi connectivity index (χ2v) is 10.5. The van der Waals surface area contributed by atoms with Crippen LogP contribution < -0.4 is 0 Å². The monoisotopic (exact) mass is 226 g/mol. The lowest BCUT2D eigenvalue weighted by molar-refractivity contribution is 0.879. The quantitative estimate of drug-likeness (QED) is 0.634. The molecule has 0 amide bonds. The van der Waals surface area contributed by atoms with Crippen molar-refractivity contribution in [3.63, 3.8) is 0 Å². The molecule has 16 heavy (non-hydrogen) atoms. The minimum Gasteiger partial charge on any atom is -0.107 e. The molecule has 0 aromatic rings. The summed E-state index contributed by atoms with van der Waals surface area (Å²) in [6, 6.07) is 1.32. The molecule has 0 aromatic heterocycles. The molecule has 3 aliphatic carbocycles. The largest absolute Gasteiger partial charge is 0.107 e. The summed E-state index contributed by atoms with van der Waals surface area (Å²) < 4.78 is 0. The van der Waals surface area contributed by atoms with Gasteiger partial charge >= 0.3 is 0 Å². The zero-order valence-corrected chi connectivity index (χ0v) is 11.1. The van der Waals surface area contributed by atoms with E-state index in [9.17, 15) is 0 Å². The minimum atomic E-state index is -1.20. The lowest BCUT2D eigenvalue weighted by atomic mass is 9.97. The fourth-order valence-corrected chi connectivity index (χ4v) is 4.64. The summed E-state index contributed by atoms with van der Waals surface area (Å²) >= 11 is 0. The molecule has 0 heterocycles. The van der Waals surface area contributed by atoms with Crippen molar-refractivity contribution in [3.05, 3.63) is 58.9 Å². The van der Waals surface area contributed by atoms with Crippen molar-refractivity contribution < 1.29 is 0 Å². The van der Waals surface area contributed by atoms with Gasteiger partial charge in [0.2, 0.25) is 0 Å². The van der Waals surface area contributed by atoms with E-state index in [2.05, 4.69) is 49.7 Å². The third-order valence-electron chi connectivity index (χ3n) is 4.01. The van der Waals surface area contributed by atoms with Gasteiger partial charge in [-0.25, -0.2) is 0 Å². The van der Waals surface area contributed by atoms with E-state index in [0.29, 0.717) is 5.92 Å². The molecule has 0 N–H and O–H groups in total. The van der Waals surface area contributed by atoms with Crippen molar-refractivity contribution in [3.8, 4) is 0 Å². The highest BCUT2D eigenvalue weighted by molar-refractivity contribution is 6.82. The fraction of sp³-hybridized carbons (Fsp3) is 0.333. The summed E-state index contributed by atoms with van der Waals surface area (Å²) in [5, 5.41) is 0. The van der Waals surface area contributed by atoms with Gasteiger partial charge in [-0.05, 0) is 34.8 Å². The normalized spacial score (nSPS) is 26.0. The molecule has 0 saturated carbocycles. The van der Waals surface area contributed by atoms with Crippen LogP contribution in [0, 0.1) is 5.92 Å². The molecule has 0 saturated heterocycles. The minimum absolute atomic E-state index is 0.673. The third kappa shape index (κ3) is 1.35. The number of allylic oxidation sites excluding steroid dienone is 8. The van der Waals surface area contributed by atoms with E-state index in [1.807, 2.05) is 0 Å². The second kappa shape index (κ2) is 3.20. The zero-order chi connectivity index (χ0) is 11.3. The maximum atomic E-state index is 4.00. The molecule has 3 aliphatic rings. The fourth-order valence-electron chi connectivity index (χ4n) is 3.00. The Labute approximate surface area is 98.8 Å². The summed E-state index contributed by atoms with van der Waals surface area (Å²) in [6.07, 6.45) is 10.6. The summed E-state index contributed by atoms with van der Waals surface area (Å²) in [5.41, 5.74) is 8.52. The summed E-state index contributed by atoms with van der Waals surface area (Å²) in [6.45, 7) is 8.82. The second-order valence-electron chi connectivity index (χ2n) is 5.75. The topological polar surface area (TPSA) is 0 Å². The summed E-state index contributed by atoms with van der Waals surface area (Å²) in [4.78, 5) is 0. The van der Waals surface area contributed by atoms with Gasteiger partial charge in [0.1, 0.15) is 0 Å². The van der Waals surface area contributed by atoms with E-state index in [-0.39, 0.29) is 0 Å². The summed E-state index contributed by atoms with van der Waals surface area (Å²) in [7, 11) is -1.20. The molecular formula is C15H18Si. The number of hydrogen-bond donors (Lipinski definition) is 0. The lowest BCUT2D eigenvalue weighted by Gasteiger charge is -2.23. The predicted molar refractivity (Wildman–Crippen MR) is 72.9 cm³/mol.